The summed E-state index contributed by atoms with van der Waals surface area (Å²) in [7, 11) is -1.53. The number of benzene rings is 2. The lowest BCUT2D eigenvalue weighted by Gasteiger charge is -2.24. The molecule has 6 nitrogen and oxygen atoms in total. The zero-order valence-corrected chi connectivity index (χ0v) is 14.2. The molecule has 2 aromatic rings. The molecule has 24 heavy (non-hydrogen) atoms. The van der Waals surface area contributed by atoms with Gasteiger partial charge in [-0.05, 0) is 12.1 Å². The van der Waals surface area contributed by atoms with Crippen LogP contribution in [0.2, 0.25) is 0 Å². The van der Waals surface area contributed by atoms with Crippen molar-refractivity contribution in [2.24, 2.45) is 0 Å². The number of carbonyl (C=O) groups excluding carboxylic acids is 2. The van der Waals surface area contributed by atoms with Crippen molar-refractivity contribution in [3.8, 4) is 0 Å². The molecule has 1 atom stereocenters. The fourth-order valence-corrected chi connectivity index (χ4v) is 3.41. The molecule has 7 heteroatoms. The summed E-state index contributed by atoms with van der Waals surface area (Å²) in [5.74, 6) is -2.53. The van der Waals surface area contributed by atoms with E-state index in [1.165, 1.54) is 14.2 Å². The van der Waals surface area contributed by atoms with E-state index in [0.717, 1.165) is 0 Å². The summed E-state index contributed by atoms with van der Waals surface area (Å²) in [5, 5.41) is 2.47. The van der Waals surface area contributed by atoms with Gasteiger partial charge in [-0.1, -0.05) is 48.5 Å². The van der Waals surface area contributed by atoms with E-state index in [9.17, 15) is 14.2 Å². The molecule has 0 aliphatic carbocycles. The van der Waals surface area contributed by atoms with Gasteiger partial charge in [0.25, 0.3) is 5.91 Å². The van der Waals surface area contributed by atoms with E-state index in [1.54, 1.807) is 60.7 Å². The standard InChI is InChI=1S/C17H18NO5P/c1-22-24(21,23-2)17(15(19)13-9-5-3-6-10-13)18-16(20)14-11-7-4-8-12-14/h3-12,17H,1-2H3,(H,18,20)/t17-/m1/s1. The molecule has 2 aromatic carbocycles. The average molecular weight is 347 g/mol. The number of amides is 1. The van der Waals surface area contributed by atoms with Crippen LogP contribution in [0.3, 0.4) is 0 Å². The second kappa shape index (κ2) is 8.02. The number of rotatable bonds is 7. The Morgan fingerprint density at radius 2 is 1.33 bits per heavy atom. The zero-order valence-electron chi connectivity index (χ0n) is 13.3. The SMILES string of the molecule is COP(=O)(OC)[C@@H](NC(=O)c1ccccc1)C(=O)c1ccccc1. The molecule has 0 saturated heterocycles. The summed E-state index contributed by atoms with van der Waals surface area (Å²) >= 11 is 0. The predicted molar refractivity (Wildman–Crippen MR) is 90.1 cm³/mol. The number of ketones is 1. The molecule has 0 saturated carbocycles. The lowest BCUT2D eigenvalue weighted by molar-refractivity contribution is 0.0872. The first-order valence-electron chi connectivity index (χ1n) is 7.18. The fraction of sp³-hybridized carbons (Fsp3) is 0.176. The molecule has 126 valence electrons. The Bertz CT molecular complexity index is 740. The first-order valence-corrected chi connectivity index (χ1v) is 8.79. The number of hydrogen-bond acceptors (Lipinski definition) is 5. The van der Waals surface area contributed by atoms with Crippen molar-refractivity contribution >= 4 is 19.3 Å². The Balaban J connectivity index is 2.35. The molecule has 0 aliphatic heterocycles. The minimum atomic E-state index is -3.87. The summed E-state index contributed by atoms with van der Waals surface area (Å²) < 4.78 is 22.6. The molecule has 0 spiro atoms. The minimum absolute atomic E-state index is 0.296. The van der Waals surface area contributed by atoms with Gasteiger partial charge in [0, 0.05) is 25.3 Å². The highest BCUT2D eigenvalue weighted by atomic mass is 31.2. The fourth-order valence-electron chi connectivity index (χ4n) is 2.13. The van der Waals surface area contributed by atoms with Crippen LogP contribution in [0.25, 0.3) is 0 Å². The Morgan fingerprint density at radius 3 is 1.79 bits per heavy atom. The van der Waals surface area contributed by atoms with Crippen molar-refractivity contribution in [2.45, 2.75) is 5.78 Å². The topological polar surface area (TPSA) is 81.7 Å². The van der Waals surface area contributed by atoms with Crippen molar-refractivity contribution in [3.05, 3.63) is 71.8 Å². The quantitative estimate of drug-likeness (QED) is 0.615. The summed E-state index contributed by atoms with van der Waals surface area (Å²) in [5.41, 5.74) is 0.632. The highest BCUT2D eigenvalue weighted by molar-refractivity contribution is 7.55. The monoisotopic (exact) mass is 347 g/mol. The van der Waals surface area contributed by atoms with Crippen LogP contribution in [0.4, 0.5) is 0 Å². The minimum Gasteiger partial charge on any atom is -0.332 e. The van der Waals surface area contributed by atoms with Crippen LogP contribution in [0, 0.1) is 0 Å². The zero-order chi connectivity index (χ0) is 17.6. The second-order valence-corrected chi connectivity index (χ2v) is 7.20. The molecule has 0 radical (unpaired) electrons. The van der Waals surface area contributed by atoms with Crippen LogP contribution in [0.1, 0.15) is 20.7 Å². The highest BCUT2D eigenvalue weighted by Crippen LogP contribution is 2.51. The van der Waals surface area contributed by atoms with Gasteiger partial charge in [0.2, 0.25) is 0 Å². The summed E-state index contributed by atoms with van der Waals surface area (Å²) in [4.78, 5) is 25.1. The van der Waals surface area contributed by atoms with Gasteiger partial charge in [-0.3, -0.25) is 14.2 Å². The average Bonchev–Trinajstić information content (AvgIpc) is 2.66. The van der Waals surface area contributed by atoms with Gasteiger partial charge in [-0.25, -0.2) is 0 Å². The molecule has 0 aromatic heterocycles. The van der Waals surface area contributed by atoms with E-state index in [0.29, 0.717) is 11.1 Å². The van der Waals surface area contributed by atoms with Gasteiger partial charge in [-0.2, -0.15) is 0 Å². The molecule has 0 bridgehead atoms. The molecule has 1 N–H and O–H groups in total. The Kier molecular flexibility index (Phi) is 6.04. The summed E-state index contributed by atoms with van der Waals surface area (Å²) in [6, 6.07) is 16.6. The van der Waals surface area contributed by atoms with Crippen LogP contribution in [-0.4, -0.2) is 31.7 Å². The van der Waals surface area contributed by atoms with E-state index in [1.807, 2.05) is 0 Å². The van der Waals surface area contributed by atoms with Crippen molar-refractivity contribution in [2.75, 3.05) is 14.2 Å². The van der Waals surface area contributed by atoms with Crippen LogP contribution in [-0.2, 0) is 13.6 Å². The third-order valence-electron chi connectivity index (χ3n) is 3.44. The van der Waals surface area contributed by atoms with Gasteiger partial charge in [0.05, 0.1) is 0 Å². The second-order valence-electron chi connectivity index (χ2n) is 4.88. The lowest BCUT2D eigenvalue weighted by atomic mass is 10.1. The normalized spacial score (nSPS) is 12.4. The Labute approximate surface area is 140 Å². The molecule has 0 unspecified atom stereocenters. The Hall–Kier alpha value is -2.27. The predicted octanol–water partition coefficient (Wildman–Crippen LogP) is 3.11. The maximum Gasteiger partial charge on any atom is 0.360 e. The van der Waals surface area contributed by atoms with Crippen molar-refractivity contribution in [3.63, 3.8) is 0 Å². The van der Waals surface area contributed by atoms with Crippen LogP contribution >= 0.6 is 7.60 Å². The van der Waals surface area contributed by atoms with Crippen LogP contribution < -0.4 is 5.32 Å². The molecule has 1 amide bonds. The number of Topliss-reactive ketones (excluding diaryl/α,β-unsaturated/α-hetero) is 1. The van der Waals surface area contributed by atoms with Gasteiger partial charge in [0.15, 0.2) is 11.6 Å². The van der Waals surface area contributed by atoms with Crippen molar-refractivity contribution in [1.82, 2.24) is 5.32 Å². The number of hydrogen-bond donors (Lipinski definition) is 1. The van der Waals surface area contributed by atoms with E-state index >= 15 is 0 Å². The molecule has 0 fully saturated rings. The highest BCUT2D eigenvalue weighted by Gasteiger charge is 2.41. The van der Waals surface area contributed by atoms with E-state index in [-0.39, 0.29) is 0 Å². The van der Waals surface area contributed by atoms with E-state index < -0.39 is 25.1 Å². The molecular weight excluding hydrogens is 329 g/mol. The number of nitrogens with one attached hydrogen (secondary N) is 1. The van der Waals surface area contributed by atoms with Crippen LogP contribution in [0.15, 0.2) is 60.7 Å². The van der Waals surface area contributed by atoms with Crippen molar-refractivity contribution < 1.29 is 23.2 Å². The molecule has 0 heterocycles. The van der Waals surface area contributed by atoms with E-state index in [4.69, 9.17) is 9.05 Å². The first-order chi connectivity index (χ1) is 11.5. The largest absolute Gasteiger partial charge is 0.360 e. The maximum atomic E-state index is 12.8. The molecular formula is C17H18NO5P. The van der Waals surface area contributed by atoms with Gasteiger partial charge >= 0.3 is 7.60 Å². The smallest absolute Gasteiger partial charge is 0.332 e. The molecule has 0 aliphatic rings. The summed E-state index contributed by atoms with van der Waals surface area (Å²) in [6.07, 6.45) is 0. The molecule has 2 rings (SSSR count). The van der Waals surface area contributed by atoms with Gasteiger partial charge in [-0.15, -0.1) is 0 Å². The number of carbonyl (C=O) groups is 2. The van der Waals surface area contributed by atoms with Crippen LogP contribution in [0.5, 0.6) is 0 Å². The third-order valence-corrected chi connectivity index (χ3v) is 5.45. The van der Waals surface area contributed by atoms with E-state index in [2.05, 4.69) is 5.32 Å². The van der Waals surface area contributed by atoms with Gasteiger partial charge in [0.1, 0.15) is 0 Å². The maximum absolute atomic E-state index is 12.8. The van der Waals surface area contributed by atoms with Crippen molar-refractivity contribution in [1.29, 1.82) is 0 Å². The third kappa shape index (κ3) is 3.97. The first kappa shape index (κ1) is 18.1. The van der Waals surface area contributed by atoms with Gasteiger partial charge < -0.3 is 14.4 Å². The lowest BCUT2D eigenvalue weighted by Crippen LogP contribution is -2.41. The summed E-state index contributed by atoms with van der Waals surface area (Å²) in [6.45, 7) is 0. The Morgan fingerprint density at radius 1 is 0.875 bits per heavy atom.